The zero-order chi connectivity index (χ0) is 13.3. The molecule has 1 N–H and O–H groups in total. The Morgan fingerprint density at radius 3 is 2.50 bits per heavy atom. The molecule has 0 radical (unpaired) electrons. The molecule has 0 atom stereocenters. The van der Waals surface area contributed by atoms with Gasteiger partial charge in [0.2, 0.25) is 0 Å². The highest BCUT2D eigenvalue weighted by atomic mass is 35.5. The van der Waals surface area contributed by atoms with Gasteiger partial charge in [0.1, 0.15) is 0 Å². The summed E-state index contributed by atoms with van der Waals surface area (Å²) >= 11 is 6.35. The van der Waals surface area contributed by atoms with E-state index < -0.39 is 5.60 Å². The summed E-state index contributed by atoms with van der Waals surface area (Å²) in [5.74, 6) is 0. The molecule has 0 aliphatic carbocycles. The first-order valence-electron chi connectivity index (χ1n) is 6.58. The SMILES string of the molecule is CCc1nn(C)c(CN2CCC(C)(O)CC2)c1Cl. The highest BCUT2D eigenvalue weighted by molar-refractivity contribution is 6.31. The van der Waals surface area contributed by atoms with E-state index in [9.17, 15) is 5.11 Å². The van der Waals surface area contributed by atoms with Gasteiger partial charge in [-0.3, -0.25) is 9.58 Å². The predicted octanol–water partition coefficient (Wildman–Crippen LogP) is 1.98. The molecule has 1 aromatic rings. The molecule has 0 amide bonds. The van der Waals surface area contributed by atoms with Gasteiger partial charge in [0.25, 0.3) is 0 Å². The maximum Gasteiger partial charge on any atom is 0.0863 e. The van der Waals surface area contributed by atoms with Crippen LogP contribution in [0.1, 0.15) is 38.1 Å². The van der Waals surface area contributed by atoms with Crippen molar-refractivity contribution in [3.8, 4) is 0 Å². The highest BCUT2D eigenvalue weighted by Gasteiger charge is 2.28. The average Bonchev–Trinajstić information content (AvgIpc) is 2.59. The van der Waals surface area contributed by atoms with Crippen molar-refractivity contribution >= 4 is 11.6 Å². The van der Waals surface area contributed by atoms with Crippen LogP contribution in [0.25, 0.3) is 0 Å². The molecular formula is C13H22ClN3O. The Kier molecular flexibility index (Phi) is 3.99. The van der Waals surface area contributed by atoms with Gasteiger partial charge >= 0.3 is 0 Å². The van der Waals surface area contributed by atoms with E-state index in [1.807, 2.05) is 18.7 Å². The lowest BCUT2D eigenvalue weighted by atomic mass is 9.94. The van der Waals surface area contributed by atoms with Crippen LogP contribution in [-0.4, -0.2) is 38.5 Å². The summed E-state index contributed by atoms with van der Waals surface area (Å²) in [7, 11) is 1.94. The van der Waals surface area contributed by atoms with Gasteiger partial charge in [0.15, 0.2) is 0 Å². The van der Waals surface area contributed by atoms with Crippen LogP contribution in [-0.2, 0) is 20.0 Å². The number of hydrogen-bond acceptors (Lipinski definition) is 3. The third kappa shape index (κ3) is 2.87. The van der Waals surface area contributed by atoms with Gasteiger partial charge in [0.05, 0.1) is 22.0 Å². The molecule has 1 aromatic heterocycles. The molecule has 18 heavy (non-hydrogen) atoms. The standard InChI is InChI=1S/C13H22ClN3O/c1-4-10-12(14)11(16(3)15-10)9-17-7-5-13(2,18)6-8-17/h18H,4-9H2,1-3H3. The molecule has 5 heteroatoms. The molecule has 1 aliphatic heterocycles. The topological polar surface area (TPSA) is 41.3 Å². The average molecular weight is 272 g/mol. The second kappa shape index (κ2) is 5.19. The van der Waals surface area contributed by atoms with Crippen molar-refractivity contribution in [3.05, 3.63) is 16.4 Å². The van der Waals surface area contributed by atoms with Crippen molar-refractivity contribution in [3.63, 3.8) is 0 Å². The fourth-order valence-corrected chi connectivity index (χ4v) is 2.75. The van der Waals surface area contributed by atoms with Crippen LogP contribution >= 0.6 is 11.6 Å². The molecule has 0 unspecified atom stereocenters. The predicted molar refractivity (Wildman–Crippen MR) is 72.7 cm³/mol. The quantitative estimate of drug-likeness (QED) is 0.914. The van der Waals surface area contributed by atoms with Gasteiger partial charge in [-0.15, -0.1) is 0 Å². The molecule has 0 aromatic carbocycles. The van der Waals surface area contributed by atoms with Crippen molar-refractivity contribution in [1.29, 1.82) is 0 Å². The van der Waals surface area contributed by atoms with E-state index in [4.69, 9.17) is 11.6 Å². The largest absolute Gasteiger partial charge is 0.390 e. The number of rotatable bonds is 3. The Morgan fingerprint density at radius 2 is 2.00 bits per heavy atom. The van der Waals surface area contributed by atoms with Gasteiger partial charge in [-0.1, -0.05) is 18.5 Å². The van der Waals surface area contributed by atoms with E-state index >= 15 is 0 Å². The van der Waals surface area contributed by atoms with Crippen molar-refractivity contribution < 1.29 is 5.11 Å². The maximum absolute atomic E-state index is 9.94. The molecule has 0 saturated carbocycles. The first kappa shape index (κ1) is 13.8. The Labute approximate surface area is 114 Å². The molecule has 2 rings (SSSR count). The van der Waals surface area contributed by atoms with E-state index in [1.165, 1.54) is 0 Å². The lowest BCUT2D eigenvalue weighted by Crippen LogP contribution is -2.42. The lowest BCUT2D eigenvalue weighted by Gasteiger charge is -2.35. The number of halogens is 1. The number of hydrogen-bond donors (Lipinski definition) is 1. The molecule has 1 fully saturated rings. The number of piperidine rings is 1. The summed E-state index contributed by atoms with van der Waals surface area (Å²) in [6, 6.07) is 0. The van der Waals surface area contributed by atoms with E-state index in [1.54, 1.807) is 0 Å². The number of aliphatic hydroxyl groups is 1. The van der Waals surface area contributed by atoms with Crippen LogP contribution in [0.15, 0.2) is 0 Å². The fraction of sp³-hybridized carbons (Fsp3) is 0.769. The molecule has 1 aliphatic rings. The van der Waals surface area contributed by atoms with Crippen LogP contribution in [0.4, 0.5) is 0 Å². The molecule has 0 spiro atoms. The monoisotopic (exact) mass is 271 g/mol. The first-order valence-corrected chi connectivity index (χ1v) is 6.95. The van der Waals surface area contributed by atoms with Crippen molar-refractivity contribution in [2.45, 2.75) is 45.3 Å². The number of aryl methyl sites for hydroxylation is 2. The Bertz CT molecular complexity index is 418. The van der Waals surface area contributed by atoms with Gasteiger partial charge in [-0.2, -0.15) is 5.10 Å². The second-order valence-corrected chi connectivity index (χ2v) is 5.84. The summed E-state index contributed by atoms with van der Waals surface area (Å²) in [4.78, 5) is 2.33. The van der Waals surface area contributed by atoms with Gasteiger partial charge in [-0.05, 0) is 26.2 Å². The molecule has 1 saturated heterocycles. The molecule has 102 valence electrons. The number of likely N-dealkylation sites (tertiary alicyclic amines) is 1. The van der Waals surface area contributed by atoms with E-state index in [0.717, 1.165) is 55.3 Å². The van der Waals surface area contributed by atoms with Crippen LogP contribution in [0.3, 0.4) is 0 Å². The van der Waals surface area contributed by atoms with Gasteiger partial charge < -0.3 is 5.11 Å². The zero-order valence-corrected chi connectivity index (χ0v) is 12.2. The van der Waals surface area contributed by atoms with E-state index in [-0.39, 0.29) is 0 Å². The minimum atomic E-state index is -0.499. The summed E-state index contributed by atoms with van der Waals surface area (Å²) in [5, 5.41) is 15.2. The normalized spacial score (nSPS) is 20.3. The summed E-state index contributed by atoms with van der Waals surface area (Å²) in [5.41, 5.74) is 1.55. The van der Waals surface area contributed by atoms with Crippen LogP contribution in [0.5, 0.6) is 0 Å². The zero-order valence-electron chi connectivity index (χ0n) is 11.4. The molecule has 4 nitrogen and oxygen atoms in total. The molecular weight excluding hydrogens is 250 g/mol. The van der Waals surface area contributed by atoms with Gasteiger partial charge in [-0.25, -0.2) is 0 Å². The fourth-order valence-electron chi connectivity index (χ4n) is 2.40. The van der Waals surface area contributed by atoms with Gasteiger partial charge in [0, 0.05) is 26.7 Å². The smallest absolute Gasteiger partial charge is 0.0863 e. The van der Waals surface area contributed by atoms with Crippen molar-refractivity contribution in [1.82, 2.24) is 14.7 Å². The summed E-state index contributed by atoms with van der Waals surface area (Å²) in [6.07, 6.45) is 2.51. The highest BCUT2D eigenvalue weighted by Crippen LogP contribution is 2.26. The summed E-state index contributed by atoms with van der Waals surface area (Å²) in [6.45, 7) is 6.62. The lowest BCUT2D eigenvalue weighted by molar-refractivity contribution is -0.00778. The van der Waals surface area contributed by atoms with E-state index in [2.05, 4.69) is 16.9 Å². The minimum absolute atomic E-state index is 0.499. The van der Waals surface area contributed by atoms with Crippen LogP contribution < -0.4 is 0 Å². The summed E-state index contributed by atoms with van der Waals surface area (Å²) < 4.78 is 1.88. The number of nitrogens with zero attached hydrogens (tertiary/aromatic N) is 3. The van der Waals surface area contributed by atoms with E-state index in [0.29, 0.717) is 0 Å². The Hall–Kier alpha value is -0.580. The molecule has 2 heterocycles. The third-order valence-electron chi connectivity index (χ3n) is 3.81. The third-order valence-corrected chi connectivity index (χ3v) is 4.25. The second-order valence-electron chi connectivity index (χ2n) is 5.46. The Morgan fingerprint density at radius 1 is 1.39 bits per heavy atom. The minimum Gasteiger partial charge on any atom is -0.390 e. The van der Waals surface area contributed by atoms with Crippen LogP contribution in [0, 0.1) is 0 Å². The maximum atomic E-state index is 9.94. The number of aromatic nitrogens is 2. The first-order chi connectivity index (χ1) is 8.43. The van der Waals surface area contributed by atoms with Crippen molar-refractivity contribution in [2.24, 2.45) is 7.05 Å². The van der Waals surface area contributed by atoms with Crippen molar-refractivity contribution in [2.75, 3.05) is 13.1 Å². The van der Waals surface area contributed by atoms with Crippen LogP contribution in [0.2, 0.25) is 5.02 Å². The Balaban J connectivity index is 2.04. The molecule has 0 bridgehead atoms.